The first-order valence-corrected chi connectivity index (χ1v) is 8.13. The molecule has 2 aliphatic heterocycles. The monoisotopic (exact) mass is 301 g/mol. The Labute approximate surface area is 131 Å². The molecule has 2 heterocycles. The highest BCUT2D eigenvalue weighted by atomic mass is 16.2. The Balaban J connectivity index is 1.61. The number of rotatable bonds is 3. The highest BCUT2D eigenvalue weighted by Gasteiger charge is 2.27. The first kappa shape index (κ1) is 14.9. The lowest BCUT2D eigenvalue weighted by Crippen LogP contribution is -2.43. The molecule has 1 fully saturated rings. The molecule has 1 saturated heterocycles. The van der Waals surface area contributed by atoms with E-state index in [1.54, 1.807) is 0 Å². The number of hydrogen-bond donors (Lipinski definition) is 2. The summed E-state index contributed by atoms with van der Waals surface area (Å²) < 4.78 is 0. The summed E-state index contributed by atoms with van der Waals surface area (Å²) in [5, 5.41) is 6.18. The number of piperidine rings is 1. The van der Waals surface area contributed by atoms with Crippen molar-refractivity contribution in [2.24, 2.45) is 5.92 Å². The highest BCUT2D eigenvalue weighted by molar-refractivity contribution is 5.95. The van der Waals surface area contributed by atoms with Gasteiger partial charge >= 0.3 is 0 Å². The Morgan fingerprint density at radius 2 is 2.09 bits per heavy atom. The van der Waals surface area contributed by atoms with Crippen molar-refractivity contribution in [3.63, 3.8) is 0 Å². The number of benzene rings is 1. The molecule has 0 atom stereocenters. The summed E-state index contributed by atoms with van der Waals surface area (Å²) in [5.41, 5.74) is 3.13. The zero-order valence-electron chi connectivity index (χ0n) is 13.0. The Hall–Kier alpha value is -2.04. The van der Waals surface area contributed by atoms with Crippen molar-refractivity contribution in [1.29, 1.82) is 0 Å². The fourth-order valence-electron chi connectivity index (χ4n) is 3.28. The molecule has 3 rings (SSSR count). The Morgan fingerprint density at radius 1 is 1.32 bits per heavy atom. The lowest BCUT2D eigenvalue weighted by molar-refractivity contribution is -0.126. The standard InChI is InChI=1S/C17H23N3O2/c1-2-18-16(21)12-6-9-20(10-7-12)17(22)14-3-4-15-13(11-14)5-8-19-15/h3-4,11-12,19H,2,5-10H2,1H3,(H,18,21). The maximum atomic E-state index is 12.6. The number of carbonyl (C=O) groups excluding carboxylic acids is 2. The van der Waals surface area contributed by atoms with Gasteiger partial charge < -0.3 is 15.5 Å². The molecule has 1 aromatic carbocycles. The third-order valence-corrected chi connectivity index (χ3v) is 4.57. The number of hydrogen-bond acceptors (Lipinski definition) is 3. The van der Waals surface area contributed by atoms with Gasteiger partial charge in [-0.3, -0.25) is 9.59 Å². The van der Waals surface area contributed by atoms with Gasteiger partial charge in [-0.1, -0.05) is 0 Å². The van der Waals surface area contributed by atoms with Crippen LogP contribution in [0.15, 0.2) is 18.2 Å². The van der Waals surface area contributed by atoms with E-state index in [0.717, 1.165) is 37.1 Å². The third kappa shape index (κ3) is 2.93. The first-order chi connectivity index (χ1) is 10.7. The molecule has 0 saturated carbocycles. The largest absolute Gasteiger partial charge is 0.384 e. The molecule has 0 spiro atoms. The van der Waals surface area contributed by atoms with Crippen molar-refractivity contribution in [1.82, 2.24) is 10.2 Å². The predicted molar refractivity (Wildman–Crippen MR) is 85.9 cm³/mol. The van der Waals surface area contributed by atoms with Gasteiger partial charge in [-0.05, 0) is 49.9 Å². The number of likely N-dealkylation sites (tertiary alicyclic amines) is 1. The second kappa shape index (κ2) is 6.38. The van der Waals surface area contributed by atoms with Gasteiger partial charge in [0.1, 0.15) is 0 Å². The topological polar surface area (TPSA) is 61.4 Å². The van der Waals surface area contributed by atoms with Crippen LogP contribution in [0, 0.1) is 5.92 Å². The maximum Gasteiger partial charge on any atom is 0.253 e. The smallest absolute Gasteiger partial charge is 0.253 e. The summed E-state index contributed by atoms with van der Waals surface area (Å²) in [6.07, 6.45) is 2.49. The molecular formula is C17H23N3O2. The molecule has 0 aliphatic carbocycles. The van der Waals surface area contributed by atoms with Crippen LogP contribution >= 0.6 is 0 Å². The van der Waals surface area contributed by atoms with Gasteiger partial charge in [-0.2, -0.15) is 0 Å². The summed E-state index contributed by atoms with van der Waals surface area (Å²) in [6, 6.07) is 5.90. The van der Waals surface area contributed by atoms with Crippen LogP contribution in [0.2, 0.25) is 0 Å². The van der Waals surface area contributed by atoms with Crippen LogP contribution in [0.3, 0.4) is 0 Å². The number of carbonyl (C=O) groups is 2. The van der Waals surface area contributed by atoms with Gasteiger partial charge in [0.2, 0.25) is 5.91 Å². The average molecular weight is 301 g/mol. The molecule has 0 unspecified atom stereocenters. The molecular weight excluding hydrogens is 278 g/mol. The Kier molecular flexibility index (Phi) is 4.32. The number of fused-ring (bicyclic) bond motifs is 1. The molecule has 5 heteroatoms. The van der Waals surface area contributed by atoms with E-state index in [4.69, 9.17) is 0 Å². The van der Waals surface area contributed by atoms with Crippen LogP contribution in [-0.4, -0.2) is 42.9 Å². The van der Waals surface area contributed by atoms with Gasteiger partial charge in [-0.25, -0.2) is 0 Å². The minimum Gasteiger partial charge on any atom is -0.384 e. The van der Waals surface area contributed by atoms with Crippen molar-refractivity contribution in [3.05, 3.63) is 29.3 Å². The van der Waals surface area contributed by atoms with Gasteiger partial charge in [0.05, 0.1) is 0 Å². The lowest BCUT2D eigenvalue weighted by Gasteiger charge is -2.31. The van der Waals surface area contributed by atoms with Crippen LogP contribution in [0.4, 0.5) is 5.69 Å². The number of anilines is 1. The van der Waals surface area contributed by atoms with E-state index in [1.807, 2.05) is 30.0 Å². The minimum absolute atomic E-state index is 0.0493. The number of amides is 2. The van der Waals surface area contributed by atoms with Crippen molar-refractivity contribution >= 4 is 17.5 Å². The number of nitrogens with one attached hydrogen (secondary N) is 2. The van der Waals surface area contributed by atoms with E-state index in [1.165, 1.54) is 5.56 Å². The first-order valence-electron chi connectivity index (χ1n) is 8.13. The van der Waals surface area contributed by atoms with E-state index < -0.39 is 0 Å². The molecule has 5 nitrogen and oxygen atoms in total. The van der Waals surface area contributed by atoms with Gasteiger partial charge in [0, 0.05) is 43.3 Å². The normalized spacial score (nSPS) is 17.8. The molecule has 22 heavy (non-hydrogen) atoms. The fraction of sp³-hybridized carbons (Fsp3) is 0.529. The summed E-state index contributed by atoms with van der Waals surface area (Å²) >= 11 is 0. The molecule has 2 N–H and O–H groups in total. The molecule has 0 bridgehead atoms. The van der Waals surface area contributed by atoms with E-state index >= 15 is 0 Å². The summed E-state index contributed by atoms with van der Waals surface area (Å²) in [4.78, 5) is 26.3. The zero-order valence-corrected chi connectivity index (χ0v) is 13.0. The second-order valence-electron chi connectivity index (χ2n) is 6.01. The predicted octanol–water partition coefficient (Wildman–Crippen LogP) is 1.64. The number of nitrogens with zero attached hydrogens (tertiary/aromatic N) is 1. The van der Waals surface area contributed by atoms with Crippen molar-refractivity contribution < 1.29 is 9.59 Å². The molecule has 118 valence electrons. The third-order valence-electron chi connectivity index (χ3n) is 4.57. The summed E-state index contributed by atoms with van der Waals surface area (Å²) in [6.45, 7) is 4.87. The fourth-order valence-corrected chi connectivity index (χ4v) is 3.28. The minimum atomic E-state index is 0.0493. The lowest BCUT2D eigenvalue weighted by atomic mass is 9.95. The van der Waals surface area contributed by atoms with Crippen molar-refractivity contribution in [3.8, 4) is 0 Å². The molecule has 0 aromatic heterocycles. The van der Waals surface area contributed by atoms with Gasteiger partial charge in [-0.15, -0.1) is 0 Å². The molecule has 0 radical (unpaired) electrons. The summed E-state index contributed by atoms with van der Waals surface area (Å²) in [7, 11) is 0. The van der Waals surface area contributed by atoms with Crippen molar-refractivity contribution in [2.75, 3.05) is 31.5 Å². The summed E-state index contributed by atoms with van der Waals surface area (Å²) in [5.74, 6) is 0.260. The van der Waals surface area contributed by atoms with Crippen LogP contribution in [0.1, 0.15) is 35.7 Å². The average Bonchev–Trinajstić information content (AvgIpc) is 3.02. The second-order valence-corrected chi connectivity index (χ2v) is 6.01. The molecule has 2 amide bonds. The van der Waals surface area contributed by atoms with Gasteiger partial charge in [0.25, 0.3) is 5.91 Å². The van der Waals surface area contributed by atoms with Crippen LogP contribution in [-0.2, 0) is 11.2 Å². The zero-order chi connectivity index (χ0) is 15.5. The molecule has 1 aromatic rings. The van der Waals surface area contributed by atoms with Crippen molar-refractivity contribution in [2.45, 2.75) is 26.2 Å². The quantitative estimate of drug-likeness (QED) is 0.892. The highest BCUT2D eigenvalue weighted by Crippen LogP contribution is 2.25. The van der Waals surface area contributed by atoms with E-state index in [0.29, 0.717) is 19.6 Å². The Bertz CT molecular complexity index is 577. The SMILES string of the molecule is CCNC(=O)C1CCN(C(=O)c2ccc3c(c2)CCN3)CC1. The van der Waals surface area contributed by atoms with Crippen LogP contribution < -0.4 is 10.6 Å². The van der Waals surface area contributed by atoms with Crippen LogP contribution in [0.25, 0.3) is 0 Å². The van der Waals surface area contributed by atoms with Crippen LogP contribution in [0.5, 0.6) is 0 Å². The van der Waals surface area contributed by atoms with E-state index in [9.17, 15) is 9.59 Å². The van der Waals surface area contributed by atoms with Gasteiger partial charge in [0.15, 0.2) is 0 Å². The van der Waals surface area contributed by atoms with E-state index in [2.05, 4.69) is 10.6 Å². The molecule has 2 aliphatic rings. The van der Waals surface area contributed by atoms with E-state index in [-0.39, 0.29) is 17.7 Å². The maximum absolute atomic E-state index is 12.6. The Morgan fingerprint density at radius 3 is 2.82 bits per heavy atom.